The molecule has 0 saturated heterocycles. The third kappa shape index (κ3) is 52.1. The second kappa shape index (κ2) is 49.4. The molecule has 0 bridgehead atoms. The molecule has 0 fully saturated rings. The molecule has 0 spiro atoms. The van der Waals surface area contributed by atoms with E-state index in [0.29, 0.717) is 17.4 Å². The molecule has 0 aliphatic carbocycles. The van der Waals surface area contributed by atoms with Crippen molar-refractivity contribution >= 4 is 13.7 Å². The number of rotatable bonds is 52. The number of carbonyl (C=O) groups excluding carboxylic acids is 1. The van der Waals surface area contributed by atoms with Crippen LogP contribution in [0.2, 0.25) is 0 Å². The number of allylic oxidation sites excluding steroid dienone is 7. The van der Waals surface area contributed by atoms with E-state index < -0.39 is 20.0 Å². The van der Waals surface area contributed by atoms with E-state index in [0.717, 1.165) is 64.2 Å². The Morgan fingerprint density at radius 1 is 0.507 bits per heavy atom. The van der Waals surface area contributed by atoms with E-state index in [9.17, 15) is 19.4 Å². The number of hydrogen-bond donors (Lipinski definition) is 3. The van der Waals surface area contributed by atoms with Crippen molar-refractivity contribution in [3.8, 4) is 0 Å². The Morgan fingerprint density at radius 2 is 0.851 bits per heavy atom. The summed E-state index contributed by atoms with van der Waals surface area (Å²) in [5, 5.41) is 13.9. The van der Waals surface area contributed by atoms with Crippen LogP contribution in [-0.2, 0) is 18.4 Å². The Bertz CT molecular complexity index is 1230. The second-order valence-corrected chi connectivity index (χ2v) is 22.1. The number of phosphoric acid groups is 1. The highest BCUT2D eigenvalue weighted by Gasteiger charge is 2.27. The molecule has 9 heteroatoms. The maximum Gasteiger partial charge on any atom is 0.472 e. The lowest BCUT2D eigenvalue weighted by Crippen LogP contribution is -2.45. The average Bonchev–Trinajstić information content (AvgIpc) is 3.29. The molecular weight excluding hydrogens is 852 g/mol. The summed E-state index contributed by atoms with van der Waals surface area (Å²) in [6.07, 6.45) is 64.9. The van der Waals surface area contributed by atoms with Gasteiger partial charge in [-0.1, -0.05) is 249 Å². The number of nitrogens with one attached hydrogen (secondary N) is 1. The van der Waals surface area contributed by atoms with Crippen LogP contribution in [-0.4, -0.2) is 73.4 Å². The molecule has 0 aromatic rings. The van der Waals surface area contributed by atoms with Crippen LogP contribution in [0.5, 0.6) is 0 Å². The SMILES string of the molecule is CCCCCCC/C=C\C/C=C\C/C=C\CCCCCCCCC(=O)NC(COP(=O)(O)OCC[N+](C)(C)C)C(O)/C=C/CCCCCCCCCCCCCCCCCCCCCCCC. The molecule has 3 N–H and O–H groups in total. The van der Waals surface area contributed by atoms with Gasteiger partial charge in [-0.2, -0.15) is 0 Å². The molecule has 0 aromatic carbocycles. The minimum Gasteiger partial charge on any atom is -0.387 e. The van der Waals surface area contributed by atoms with E-state index >= 15 is 0 Å². The van der Waals surface area contributed by atoms with Gasteiger partial charge < -0.3 is 19.8 Å². The van der Waals surface area contributed by atoms with Gasteiger partial charge in [0.05, 0.1) is 39.9 Å². The predicted octanol–water partition coefficient (Wildman–Crippen LogP) is 17.2. The van der Waals surface area contributed by atoms with E-state index in [4.69, 9.17) is 9.05 Å². The highest BCUT2D eigenvalue weighted by Crippen LogP contribution is 2.43. The summed E-state index contributed by atoms with van der Waals surface area (Å²) in [6, 6.07) is -0.856. The number of aliphatic hydroxyl groups excluding tert-OH is 1. The van der Waals surface area contributed by atoms with Crippen LogP contribution < -0.4 is 5.32 Å². The van der Waals surface area contributed by atoms with Gasteiger partial charge in [-0.05, 0) is 57.8 Å². The third-order valence-electron chi connectivity index (χ3n) is 12.8. The minimum atomic E-state index is -4.35. The number of nitrogens with zero attached hydrogens (tertiary/aromatic N) is 1. The normalized spacial score (nSPS) is 14.3. The molecule has 394 valence electrons. The van der Waals surface area contributed by atoms with Crippen LogP contribution in [0.15, 0.2) is 48.6 Å². The predicted molar refractivity (Wildman–Crippen MR) is 291 cm³/mol. The lowest BCUT2D eigenvalue weighted by Gasteiger charge is -2.25. The van der Waals surface area contributed by atoms with Gasteiger partial charge >= 0.3 is 7.82 Å². The molecule has 0 saturated carbocycles. The van der Waals surface area contributed by atoms with Gasteiger partial charge in [0.1, 0.15) is 13.2 Å². The van der Waals surface area contributed by atoms with E-state index in [2.05, 4.69) is 55.6 Å². The molecule has 0 aliphatic heterocycles. The van der Waals surface area contributed by atoms with Crippen molar-refractivity contribution < 1.29 is 32.9 Å². The monoisotopic (exact) mass is 964 g/mol. The van der Waals surface area contributed by atoms with Crippen molar-refractivity contribution in [2.24, 2.45) is 0 Å². The number of phosphoric ester groups is 1. The molecule has 3 unspecified atom stereocenters. The summed E-state index contributed by atoms with van der Waals surface area (Å²) in [5.41, 5.74) is 0. The fourth-order valence-electron chi connectivity index (χ4n) is 8.29. The summed E-state index contributed by atoms with van der Waals surface area (Å²) >= 11 is 0. The smallest absolute Gasteiger partial charge is 0.387 e. The van der Waals surface area contributed by atoms with Gasteiger partial charge in [0.2, 0.25) is 5.91 Å². The standard InChI is InChI=1S/C58H111N2O6P/c1-6-8-10-12-14-16-18-20-22-24-26-28-29-30-32-33-35-37-39-41-43-45-47-49-51-57(61)56(55-66-67(63,64)65-54-53-60(3,4)5)59-58(62)52-50-48-46-44-42-40-38-36-34-31-27-25-23-21-19-17-15-13-11-9-7-2/h19,21,25,27,34,36,49,51,56-57,61H,6-18,20,22-24,26,28-33,35,37-48,50,52-55H2,1-5H3,(H-,59,62,63,64)/p+1/b21-19-,27-25-,36-34-,51-49+. The van der Waals surface area contributed by atoms with Crippen molar-refractivity contribution in [1.29, 1.82) is 0 Å². The van der Waals surface area contributed by atoms with Crippen molar-refractivity contribution in [3.05, 3.63) is 48.6 Å². The Kier molecular flexibility index (Phi) is 48.3. The number of carbonyl (C=O) groups is 1. The van der Waals surface area contributed by atoms with Gasteiger partial charge in [0.15, 0.2) is 0 Å². The van der Waals surface area contributed by atoms with Gasteiger partial charge in [0, 0.05) is 6.42 Å². The Balaban J connectivity index is 4.26. The van der Waals surface area contributed by atoms with E-state index in [1.807, 2.05) is 27.2 Å². The first-order valence-electron chi connectivity index (χ1n) is 28.5. The highest BCUT2D eigenvalue weighted by molar-refractivity contribution is 7.47. The summed E-state index contributed by atoms with van der Waals surface area (Å²) in [5.74, 6) is -0.188. The number of unbranched alkanes of at least 4 members (excludes halogenated alkanes) is 33. The molecule has 8 nitrogen and oxygen atoms in total. The number of hydrogen-bond acceptors (Lipinski definition) is 5. The number of quaternary nitrogens is 1. The molecule has 0 aromatic heterocycles. The average molecular weight is 965 g/mol. The van der Waals surface area contributed by atoms with E-state index in [-0.39, 0.29) is 19.1 Å². The van der Waals surface area contributed by atoms with Crippen LogP contribution in [0.1, 0.15) is 264 Å². The highest BCUT2D eigenvalue weighted by atomic mass is 31.2. The number of aliphatic hydroxyl groups is 1. The Morgan fingerprint density at radius 3 is 1.24 bits per heavy atom. The van der Waals surface area contributed by atoms with Crippen LogP contribution in [0.4, 0.5) is 0 Å². The summed E-state index contributed by atoms with van der Waals surface area (Å²) in [6.45, 7) is 4.82. The van der Waals surface area contributed by atoms with Crippen molar-refractivity contribution in [3.63, 3.8) is 0 Å². The fraction of sp³-hybridized carbons (Fsp3) is 0.845. The molecule has 0 rings (SSSR count). The second-order valence-electron chi connectivity index (χ2n) is 20.7. The maximum absolute atomic E-state index is 13.0. The van der Waals surface area contributed by atoms with Crippen LogP contribution >= 0.6 is 7.82 Å². The Hall–Kier alpha value is -1.54. The fourth-order valence-corrected chi connectivity index (χ4v) is 9.02. The Labute approximate surface area is 416 Å². The zero-order chi connectivity index (χ0) is 49.2. The molecule has 0 radical (unpaired) electrons. The summed E-state index contributed by atoms with van der Waals surface area (Å²) in [4.78, 5) is 23.3. The molecule has 0 aliphatic rings. The van der Waals surface area contributed by atoms with Crippen LogP contribution in [0.25, 0.3) is 0 Å². The zero-order valence-electron chi connectivity index (χ0n) is 44.9. The molecule has 67 heavy (non-hydrogen) atoms. The van der Waals surface area contributed by atoms with E-state index in [1.54, 1.807) is 6.08 Å². The quantitative estimate of drug-likeness (QED) is 0.0243. The number of likely N-dealkylation sites (N-methyl/N-ethyl adjacent to an activating group) is 1. The molecular formula is C58H112N2O6P+. The zero-order valence-corrected chi connectivity index (χ0v) is 45.8. The number of amides is 1. The van der Waals surface area contributed by atoms with Crippen LogP contribution in [0.3, 0.4) is 0 Å². The van der Waals surface area contributed by atoms with Crippen LogP contribution in [0, 0.1) is 0 Å². The topological polar surface area (TPSA) is 105 Å². The van der Waals surface area contributed by atoms with E-state index in [1.165, 1.54) is 180 Å². The first-order chi connectivity index (χ1) is 32.5. The molecule has 3 atom stereocenters. The third-order valence-corrected chi connectivity index (χ3v) is 13.8. The lowest BCUT2D eigenvalue weighted by atomic mass is 10.0. The van der Waals surface area contributed by atoms with Gasteiger partial charge in [-0.25, -0.2) is 4.57 Å². The van der Waals surface area contributed by atoms with Crippen molar-refractivity contribution in [1.82, 2.24) is 5.32 Å². The van der Waals surface area contributed by atoms with Gasteiger partial charge in [-0.3, -0.25) is 13.8 Å². The van der Waals surface area contributed by atoms with Crippen molar-refractivity contribution in [2.75, 3.05) is 40.9 Å². The molecule has 0 heterocycles. The first kappa shape index (κ1) is 65.5. The first-order valence-corrected chi connectivity index (χ1v) is 30.0. The summed E-state index contributed by atoms with van der Waals surface area (Å²) in [7, 11) is 1.56. The maximum atomic E-state index is 13.0. The molecule has 1 amide bonds. The summed E-state index contributed by atoms with van der Waals surface area (Å²) < 4.78 is 23.7. The van der Waals surface area contributed by atoms with Gasteiger partial charge in [-0.15, -0.1) is 0 Å². The minimum absolute atomic E-state index is 0.0578. The lowest BCUT2D eigenvalue weighted by molar-refractivity contribution is -0.870. The van der Waals surface area contributed by atoms with Gasteiger partial charge in [0.25, 0.3) is 0 Å². The van der Waals surface area contributed by atoms with Crippen molar-refractivity contribution in [2.45, 2.75) is 276 Å². The largest absolute Gasteiger partial charge is 0.472 e.